The van der Waals surface area contributed by atoms with Crippen molar-refractivity contribution >= 4 is 22.9 Å². The van der Waals surface area contributed by atoms with Crippen LogP contribution in [0.2, 0.25) is 0 Å². The summed E-state index contributed by atoms with van der Waals surface area (Å²) in [5.74, 6) is 0.112. The smallest absolute Gasteiger partial charge is 0.276 e. The van der Waals surface area contributed by atoms with Gasteiger partial charge in [0, 0.05) is 5.56 Å². The van der Waals surface area contributed by atoms with Crippen molar-refractivity contribution in [3.63, 3.8) is 0 Å². The maximum atomic E-state index is 13.1. The zero-order valence-corrected chi connectivity index (χ0v) is 15.4. The van der Waals surface area contributed by atoms with Crippen LogP contribution in [0.3, 0.4) is 0 Å². The van der Waals surface area contributed by atoms with E-state index in [0.717, 1.165) is 28.0 Å². The fourth-order valence-electron chi connectivity index (χ4n) is 3.24. The van der Waals surface area contributed by atoms with Gasteiger partial charge in [-0.05, 0) is 30.3 Å². The molecule has 0 aliphatic carbocycles. The molecule has 140 valence electrons. The van der Waals surface area contributed by atoms with Crippen LogP contribution in [0.15, 0.2) is 91.0 Å². The monoisotopic (exact) mass is 379 g/mol. The summed E-state index contributed by atoms with van der Waals surface area (Å²) in [5.41, 5.74) is 4.57. The van der Waals surface area contributed by atoms with Crippen LogP contribution < -0.4 is 5.32 Å². The Morgan fingerprint density at radius 3 is 2.31 bits per heavy atom. The molecule has 1 amide bonds. The van der Waals surface area contributed by atoms with Gasteiger partial charge >= 0.3 is 0 Å². The van der Waals surface area contributed by atoms with E-state index in [1.807, 2.05) is 84.9 Å². The number of anilines is 1. The summed E-state index contributed by atoms with van der Waals surface area (Å²) in [4.78, 5) is 20.6. The van der Waals surface area contributed by atoms with E-state index in [0.29, 0.717) is 11.6 Å². The van der Waals surface area contributed by atoms with Crippen molar-refractivity contribution in [2.45, 2.75) is 0 Å². The Bertz CT molecular complexity index is 1260. The van der Waals surface area contributed by atoms with Gasteiger partial charge in [0.05, 0.1) is 22.4 Å². The van der Waals surface area contributed by atoms with Crippen LogP contribution in [0.1, 0.15) is 10.5 Å². The van der Waals surface area contributed by atoms with Crippen molar-refractivity contribution in [2.75, 3.05) is 5.32 Å². The van der Waals surface area contributed by atoms with Crippen LogP contribution >= 0.6 is 0 Å². The number of nitrogens with zero attached hydrogens (tertiary/aromatic N) is 3. The summed E-state index contributed by atoms with van der Waals surface area (Å²) >= 11 is 0. The average Bonchev–Trinajstić information content (AvgIpc) is 3.39. The Morgan fingerprint density at radius 2 is 1.55 bits per heavy atom. The number of rotatable bonds is 4. The molecule has 0 saturated heterocycles. The van der Waals surface area contributed by atoms with Crippen molar-refractivity contribution in [1.82, 2.24) is 19.7 Å². The highest BCUT2D eigenvalue weighted by Gasteiger charge is 2.19. The average molecular weight is 379 g/mol. The summed E-state index contributed by atoms with van der Waals surface area (Å²) in [6, 6.07) is 28.8. The number of aromatic amines is 1. The molecule has 0 atom stereocenters. The molecule has 0 unspecified atom stereocenters. The number of carbonyl (C=O) groups is 1. The molecule has 5 rings (SSSR count). The molecular weight excluding hydrogens is 362 g/mol. The Labute approximate surface area is 166 Å². The lowest BCUT2D eigenvalue weighted by Crippen LogP contribution is -2.17. The third kappa shape index (κ3) is 3.27. The van der Waals surface area contributed by atoms with Gasteiger partial charge in [0.1, 0.15) is 5.69 Å². The third-order valence-corrected chi connectivity index (χ3v) is 4.63. The maximum Gasteiger partial charge on any atom is 0.276 e. The molecule has 0 aliphatic heterocycles. The zero-order valence-electron chi connectivity index (χ0n) is 15.4. The molecule has 2 aromatic heterocycles. The lowest BCUT2D eigenvalue weighted by Gasteiger charge is -2.06. The Kier molecular flexibility index (Phi) is 4.14. The Balaban J connectivity index is 1.55. The molecule has 0 aliphatic rings. The number of H-pyrrole nitrogens is 1. The van der Waals surface area contributed by atoms with Gasteiger partial charge in [-0.2, -0.15) is 5.10 Å². The second-order valence-corrected chi connectivity index (χ2v) is 6.58. The summed E-state index contributed by atoms with van der Waals surface area (Å²) < 4.78 is 1.65. The highest BCUT2D eigenvalue weighted by atomic mass is 16.2. The van der Waals surface area contributed by atoms with Gasteiger partial charge in [0.25, 0.3) is 5.91 Å². The minimum Gasteiger partial charge on any atom is -0.324 e. The molecule has 6 nitrogen and oxygen atoms in total. The van der Waals surface area contributed by atoms with E-state index in [1.54, 1.807) is 10.7 Å². The number of benzene rings is 3. The largest absolute Gasteiger partial charge is 0.324 e. The SMILES string of the molecule is O=C(Nc1nc2ccccc2[nH]1)c1cc(-c2ccccc2)nn1-c1ccccc1. The van der Waals surface area contributed by atoms with Crippen LogP contribution in [0.25, 0.3) is 28.0 Å². The van der Waals surface area contributed by atoms with Crippen LogP contribution in [0, 0.1) is 0 Å². The number of fused-ring (bicyclic) bond motifs is 1. The molecule has 0 fully saturated rings. The van der Waals surface area contributed by atoms with Gasteiger partial charge in [-0.15, -0.1) is 0 Å². The van der Waals surface area contributed by atoms with Gasteiger partial charge < -0.3 is 4.98 Å². The number of nitrogens with one attached hydrogen (secondary N) is 2. The Hall–Kier alpha value is -4.19. The van der Waals surface area contributed by atoms with E-state index >= 15 is 0 Å². The highest BCUT2D eigenvalue weighted by molar-refractivity contribution is 6.03. The topological polar surface area (TPSA) is 75.6 Å². The normalized spacial score (nSPS) is 10.9. The lowest BCUT2D eigenvalue weighted by atomic mass is 10.1. The lowest BCUT2D eigenvalue weighted by molar-refractivity contribution is 0.101. The number of amides is 1. The van der Waals surface area contributed by atoms with E-state index in [1.165, 1.54) is 0 Å². The number of hydrogen-bond acceptors (Lipinski definition) is 3. The second-order valence-electron chi connectivity index (χ2n) is 6.58. The molecule has 0 saturated carbocycles. The van der Waals surface area contributed by atoms with Gasteiger partial charge in [-0.3, -0.25) is 10.1 Å². The van der Waals surface area contributed by atoms with E-state index in [4.69, 9.17) is 0 Å². The van der Waals surface area contributed by atoms with Gasteiger partial charge in [0.15, 0.2) is 0 Å². The summed E-state index contributed by atoms with van der Waals surface area (Å²) in [7, 11) is 0. The number of hydrogen-bond donors (Lipinski definition) is 2. The molecule has 3 aromatic carbocycles. The van der Waals surface area contributed by atoms with Gasteiger partial charge in [0.2, 0.25) is 5.95 Å². The molecule has 6 heteroatoms. The molecule has 2 N–H and O–H groups in total. The van der Waals surface area contributed by atoms with Crippen LogP contribution in [0.4, 0.5) is 5.95 Å². The van der Waals surface area contributed by atoms with Gasteiger partial charge in [-0.25, -0.2) is 9.67 Å². The molecule has 0 spiro atoms. The zero-order chi connectivity index (χ0) is 19.6. The fourth-order valence-corrected chi connectivity index (χ4v) is 3.24. The summed E-state index contributed by atoms with van der Waals surface area (Å²) in [5, 5.41) is 7.54. The molecule has 5 aromatic rings. The summed E-state index contributed by atoms with van der Waals surface area (Å²) in [6.07, 6.45) is 0. The summed E-state index contributed by atoms with van der Waals surface area (Å²) in [6.45, 7) is 0. The van der Waals surface area contributed by atoms with Crippen molar-refractivity contribution in [2.24, 2.45) is 0 Å². The number of aromatic nitrogens is 4. The third-order valence-electron chi connectivity index (χ3n) is 4.63. The molecular formula is C23H17N5O. The first-order chi connectivity index (χ1) is 14.3. The van der Waals surface area contributed by atoms with Crippen molar-refractivity contribution in [3.05, 3.63) is 96.7 Å². The number of carbonyl (C=O) groups excluding carboxylic acids is 1. The van der Waals surface area contributed by atoms with Gasteiger partial charge in [-0.1, -0.05) is 60.7 Å². The minimum absolute atomic E-state index is 0.289. The quantitative estimate of drug-likeness (QED) is 0.476. The van der Waals surface area contributed by atoms with Crippen LogP contribution in [-0.2, 0) is 0 Å². The second kappa shape index (κ2) is 7.09. The molecule has 0 bridgehead atoms. The Morgan fingerprint density at radius 1 is 0.862 bits per heavy atom. The minimum atomic E-state index is -0.289. The van der Waals surface area contributed by atoms with Crippen molar-refractivity contribution in [3.8, 4) is 16.9 Å². The fraction of sp³-hybridized carbons (Fsp3) is 0. The standard InChI is InChI=1S/C23H17N5O/c29-22(26-23-24-18-13-7-8-14-19(18)25-23)21-15-20(16-9-3-1-4-10-16)27-28(21)17-11-5-2-6-12-17/h1-15H,(H2,24,25,26,29). The van der Waals surface area contributed by atoms with Crippen molar-refractivity contribution < 1.29 is 4.79 Å². The first-order valence-electron chi connectivity index (χ1n) is 9.25. The van der Waals surface area contributed by atoms with E-state index in [-0.39, 0.29) is 5.91 Å². The number of para-hydroxylation sites is 3. The van der Waals surface area contributed by atoms with Crippen molar-refractivity contribution in [1.29, 1.82) is 0 Å². The molecule has 0 radical (unpaired) electrons. The first-order valence-corrected chi connectivity index (χ1v) is 9.25. The van der Waals surface area contributed by atoms with E-state index in [2.05, 4.69) is 20.4 Å². The highest BCUT2D eigenvalue weighted by Crippen LogP contribution is 2.22. The first kappa shape index (κ1) is 16.9. The predicted octanol–water partition coefficient (Wildman–Crippen LogP) is 4.67. The number of imidazole rings is 1. The maximum absolute atomic E-state index is 13.1. The van der Waals surface area contributed by atoms with E-state index < -0.39 is 0 Å². The molecule has 29 heavy (non-hydrogen) atoms. The van der Waals surface area contributed by atoms with Crippen LogP contribution in [0.5, 0.6) is 0 Å². The van der Waals surface area contributed by atoms with E-state index in [9.17, 15) is 4.79 Å². The predicted molar refractivity (Wildman–Crippen MR) is 113 cm³/mol. The van der Waals surface area contributed by atoms with Crippen LogP contribution in [-0.4, -0.2) is 25.7 Å². The molecule has 2 heterocycles.